The lowest BCUT2D eigenvalue weighted by atomic mass is 10.2. The zero-order valence-electron chi connectivity index (χ0n) is 11.2. The SMILES string of the molecule is CC(=O)OCCCCn1ccc2cc([N+](=O)[O-])ccc21. The lowest BCUT2D eigenvalue weighted by Gasteiger charge is -2.05. The van der Waals surface area contributed by atoms with Gasteiger partial charge in [-0.1, -0.05) is 0 Å². The Balaban J connectivity index is 1.97. The van der Waals surface area contributed by atoms with Crippen LogP contribution in [0.3, 0.4) is 0 Å². The minimum atomic E-state index is -0.393. The predicted octanol–water partition coefficient (Wildman–Crippen LogP) is 2.89. The van der Waals surface area contributed by atoms with Crippen LogP contribution in [0.5, 0.6) is 0 Å². The number of esters is 1. The summed E-state index contributed by atoms with van der Waals surface area (Å²) < 4.78 is 6.92. The minimum Gasteiger partial charge on any atom is -0.466 e. The maximum Gasteiger partial charge on any atom is 0.302 e. The van der Waals surface area contributed by atoms with Gasteiger partial charge in [-0.3, -0.25) is 14.9 Å². The number of fused-ring (bicyclic) bond motifs is 1. The van der Waals surface area contributed by atoms with Gasteiger partial charge in [0.2, 0.25) is 0 Å². The molecule has 2 rings (SSSR count). The number of rotatable bonds is 6. The fraction of sp³-hybridized carbons (Fsp3) is 0.357. The molecule has 0 atom stereocenters. The van der Waals surface area contributed by atoms with Crippen molar-refractivity contribution in [2.24, 2.45) is 0 Å². The molecule has 0 bridgehead atoms. The van der Waals surface area contributed by atoms with Gasteiger partial charge in [0.1, 0.15) is 0 Å². The van der Waals surface area contributed by atoms with Gasteiger partial charge in [0.25, 0.3) is 5.69 Å². The second kappa shape index (κ2) is 6.18. The Morgan fingerprint density at radius 1 is 1.35 bits per heavy atom. The number of benzene rings is 1. The molecule has 6 nitrogen and oxygen atoms in total. The number of non-ortho nitro benzene ring substituents is 1. The predicted molar refractivity (Wildman–Crippen MR) is 74.5 cm³/mol. The molecule has 0 aliphatic heterocycles. The number of carbonyl (C=O) groups is 1. The molecule has 0 amide bonds. The number of nitrogens with zero attached hydrogens (tertiary/aromatic N) is 2. The van der Waals surface area contributed by atoms with E-state index in [0.29, 0.717) is 6.61 Å². The normalized spacial score (nSPS) is 10.7. The van der Waals surface area contributed by atoms with E-state index in [0.717, 1.165) is 30.3 Å². The molecule has 20 heavy (non-hydrogen) atoms. The summed E-state index contributed by atoms with van der Waals surface area (Å²) in [7, 11) is 0. The Bertz CT molecular complexity index is 633. The third-order valence-corrected chi connectivity index (χ3v) is 3.06. The molecule has 1 heterocycles. The number of hydrogen-bond acceptors (Lipinski definition) is 4. The summed E-state index contributed by atoms with van der Waals surface area (Å²) in [6.45, 7) is 2.62. The van der Waals surface area contributed by atoms with Crippen LogP contribution in [-0.2, 0) is 16.1 Å². The Morgan fingerprint density at radius 2 is 2.15 bits per heavy atom. The fourth-order valence-electron chi connectivity index (χ4n) is 2.10. The van der Waals surface area contributed by atoms with Crippen LogP contribution in [0.1, 0.15) is 19.8 Å². The van der Waals surface area contributed by atoms with Gasteiger partial charge in [-0.15, -0.1) is 0 Å². The van der Waals surface area contributed by atoms with E-state index in [1.54, 1.807) is 12.1 Å². The van der Waals surface area contributed by atoms with Gasteiger partial charge in [-0.2, -0.15) is 0 Å². The Hall–Kier alpha value is -2.37. The summed E-state index contributed by atoms with van der Waals surface area (Å²) in [5.74, 6) is -0.260. The van der Waals surface area contributed by atoms with Gasteiger partial charge in [0, 0.05) is 42.7 Å². The van der Waals surface area contributed by atoms with Crippen LogP contribution in [0.15, 0.2) is 30.5 Å². The number of nitro benzene ring substituents is 1. The van der Waals surface area contributed by atoms with Crippen LogP contribution in [0.25, 0.3) is 10.9 Å². The third-order valence-electron chi connectivity index (χ3n) is 3.06. The molecular formula is C14H16N2O4. The summed E-state index contributed by atoms with van der Waals surface area (Å²) in [4.78, 5) is 20.9. The molecule has 1 aromatic heterocycles. The third kappa shape index (κ3) is 3.34. The highest BCUT2D eigenvalue weighted by atomic mass is 16.6. The molecule has 0 fully saturated rings. The van der Waals surface area contributed by atoms with E-state index >= 15 is 0 Å². The van der Waals surface area contributed by atoms with Crippen molar-refractivity contribution in [1.82, 2.24) is 4.57 Å². The van der Waals surface area contributed by atoms with Crippen molar-refractivity contribution in [2.45, 2.75) is 26.3 Å². The van der Waals surface area contributed by atoms with E-state index in [4.69, 9.17) is 4.74 Å². The lowest BCUT2D eigenvalue weighted by Crippen LogP contribution is -2.02. The highest BCUT2D eigenvalue weighted by Gasteiger charge is 2.08. The molecule has 0 aliphatic rings. The first kappa shape index (κ1) is 14.0. The molecule has 0 radical (unpaired) electrons. The lowest BCUT2D eigenvalue weighted by molar-refractivity contribution is -0.384. The van der Waals surface area contributed by atoms with Gasteiger partial charge < -0.3 is 9.30 Å². The average Bonchev–Trinajstić information content (AvgIpc) is 2.80. The molecule has 6 heteroatoms. The number of nitro groups is 1. The van der Waals surface area contributed by atoms with Crippen molar-refractivity contribution in [3.63, 3.8) is 0 Å². The van der Waals surface area contributed by atoms with Crippen LogP contribution >= 0.6 is 0 Å². The molecule has 0 saturated heterocycles. The first-order chi connectivity index (χ1) is 9.58. The van der Waals surface area contributed by atoms with E-state index in [-0.39, 0.29) is 11.7 Å². The molecule has 1 aromatic carbocycles. The second-order valence-corrected chi connectivity index (χ2v) is 4.56. The maximum atomic E-state index is 10.7. The van der Waals surface area contributed by atoms with Crippen molar-refractivity contribution in [3.05, 3.63) is 40.6 Å². The van der Waals surface area contributed by atoms with Gasteiger partial charge >= 0.3 is 5.97 Å². The first-order valence-corrected chi connectivity index (χ1v) is 6.44. The number of aromatic nitrogens is 1. The van der Waals surface area contributed by atoms with Crippen LogP contribution in [0.2, 0.25) is 0 Å². The number of aryl methyl sites for hydroxylation is 1. The van der Waals surface area contributed by atoms with Crippen molar-refractivity contribution in [2.75, 3.05) is 6.61 Å². The largest absolute Gasteiger partial charge is 0.466 e. The number of ether oxygens (including phenoxy) is 1. The van der Waals surface area contributed by atoms with E-state index in [1.807, 2.05) is 16.8 Å². The van der Waals surface area contributed by atoms with Crippen molar-refractivity contribution in [1.29, 1.82) is 0 Å². The molecule has 106 valence electrons. The number of unbranched alkanes of at least 4 members (excludes halogenated alkanes) is 1. The standard InChI is InChI=1S/C14H16N2O4/c1-11(17)20-9-3-2-7-15-8-6-12-10-13(16(18)19)4-5-14(12)15/h4-6,8,10H,2-3,7,9H2,1H3. The summed E-state index contributed by atoms with van der Waals surface area (Å²) in [5, 5.41) is 11.6. The quantitative estimate of drug-likeness (QED) is 0.352. The second-order valence-electron chi connectivity index (χ2n) is 4.56. The van der Waals surface area contributed by atoms with Crippen molar-refractivity contribution < 1.29 is 14.5 Å². The molecule has 0 N–H and O–H groups in total. The maximum absolute atomic E-state index is 10.7. The van der Waals surface area contributed by atoms with E-state index in [2.05, 4.69) is 0 Å². The van der Waals surface area contributed by atoms with Crippen LogP contribution in [0.4, 0.5) is 5.69 Å². The summed E-state index contributed by atoms with van der Waals surface area (Å²) in [6, 6.07) is 6.72. The van der Waals surface area contributed by atoms with Gasteiger partial charge in [-0.05, 0) is 25.0 Å². The average molecular weight is 276 g/mol. The minimum absolute atomic E-state index is 0.102. The Kier molecular flexibility index (Phi) is 4.34. The molecular weight excluding hydrogens is 260 g/mol. The summed E-state index contributed by atoms with van der Waals surface area (Å²) in [6.07, 6.45) is 3.60. The zero-order valence-corrected chi connectivity index (χ0v) is 11.2. The highest BCUT2D eigenvalue weighted by Crippen LogP contribution is 2.22. The molecule has 0 aliphatic carbocycles. The van der Waals surface area contributed by atoms with E-state index in [9.17, 15) is 14.9 Å². The molecule has 0 unspecified atom stereocenters. The molecule has 0 spiro atoms. The molecule has 2 aromatic rings. The van der Waals surface area contributed by atoms with Crippen LogP contribution < -0.4 is 0 Å². The zero-order chi connectivity index (χ0) is 14.5. The smallest absolute Gasteiger partial charge is 0.302 e. The number of carbonyl (C=O) groups excluding carboxylic acids is 1. The van der Waals surface area contributed by atoms with E-state index < -0.39 is 4.92 Å². The van der Waals surface area contributed by atoms with Gasteiger partial charge in [0.05, 0.1) is 11.5 Å². The van der Waals surface area contributed by atoms with E-state index in [1.165, 1.54) is 13.0 Å². The topological polar surface area (TPSA) is 74.4 Å². The summed E-state index contributed by atoms with van der Waals surface area (Å²) >= 11 is 0. The molecule has 0 saturated carbocycles. The van der Waals surface area contributed by atoms with Crippen molar-refractivity contribution >= 4 is 22.6 Å². The van der Waals surface area contributed by atoms with Gasteiger partial charge in [-0.25, -0.2) is 0 Å². The first-order valence-electron chi connectivity index (χ1n) is 6.44. The number of hydrogen-bond donors (Lipinski definition) is 0. The van der Waals surface area contributed by atoms with Crippen LogP contribution in [0, 0.1) is 10.1 Å². The Labute approximate surface area is 116 Å². The van der Waals surface area contributed by atoms with Crippen LogP contribution in [-0.4, -0.2) is 22.1 Å². The Morgan fingerprint density at radius 3 is 2.85 bits per heavy atom. The summed E-state index contributed by atoms with van der Waals surface area (Å²) in [5.41, 5.74) is 1.08. The monoisotopic (exact) mass is 276 g/mol. The fourth-order valence-corrected chi connectivity index (χ4v) is 2.10. The highest BCUT2D eigenvalue weighted by molar-refractivity contribution is 5.82. The van der Waals surface area contributed by atoms with Crippen molar-refractivity contribution in [3.8, 4) is 0 Å². The van der Waals surface area contributed by atoms with Gasteiger partial charge in [0.15, 0.2) is 0 Å².